The second-order valence-corrected chi connectivity index (χ2v) is 3.87. The van der Waals surface area contributed by atoms with Gasteiger partial charge in [-0.05, 0) is 25.0 Å². The summed E-state index contributed by atoms with van der Waals surface area (Å²) in [5, 5.41) is 0. The van der Waals surface area contributed by atoms with Gasteiger partial charge in [0.25, 0.3) is 0 Å². The zero-order valence-corrected chi connectivity index (χ0v) is 7.50. The molecule has 0 N–H and O–H groups in total. The van der Waals surface area contributed by atoms with Crippen molar-refractivity contribution in [3.8, 4) is 0 Å². The van der Waals surface area contributed by atoms with E-state index >= 15 is 0 Å². The highest BCUT2D eigenvalue weighted by Crippen LogP contribution is 2.28. The molecule has 2 rings (SSSR count). The summed E-state index contributed by atoms with van der Waals surface area (Å²) >= 11 is 0. The van der Waals surface area contributed by atoms with Gasteiger partial charge in [0.2, 0.25) is 0 Å². The standard InChI is InChI=1S/C11H13O/c1-11(2)7-9-5-3-4-6-10(9)8-12-11/h3-6,8H,7H2,1-2H3. The highest BCUT2D eigenvalue weighted by molar-refractivity contribution is 5.34. The van der Waals surface area contributed by atoms with E-state index in [2.05, 4.69) is 32.0 Å². The minimum atomic E-state index is -0.0334. The number of rotatable bonds is 0. The highest BCUT2D eigenvalue weighted by atomic mass is 16.5. The van der Waals surface area contributed by atoms with Gasteiger partial charge in [0.05, 0.1) is 5.60 Å². The van der Waals surface area contributed by atoms with E-state index in [9.17, 15) is 0 Å². The molecular formula is C11H13O. The molecule has 0 aliphatic carbocycles. The van der Waals surface area contributed by atoms with Crippen LogP contribution in [-0.4, -0.2) is 5.60 Å². The molecule has 12 heavy (non-hydrogen) atoms. The third-order valence-electron chi connectivity index (χ3n) is 2.18. The number of ether oxygens (including phenoxy) is 1. The topological polar surface area (TPSA) is 9.23 Å². The summed E-state index contributed by atoms with van der Waals surface area (Å²) in [6.45, 7) is 6.08. The molecule has 1 nitrogen and oxygen atoms in total. The lowest BCUT2D eigenvalue weighted by Gasteiger charge is -2.31. The van der Waals surface area contributed by atoms with Gasteiger partial charge in [0.1, 0.15) is 6.61 Å². The van der Waals surface area contributed by atoms with E-state index in [0.29, 0.717) is 0 Å². The van der Waals surface area contributed by atoms with Gasteiger partial charge in [-0.15, -0.1) is 0 Å². The minimum absolute atomic E-state index is 0.0334. The predicted molar refractivity (Wildman–Crippen MR) is 48.7 cm³/mol. The molecule has 1 aliphatic rings. The van der Waals surface area contributed by atoms with Crippen LogP contribution in [0.25, 0.3) is 0 Å². The van der Waals surface area contributed by atoms with Crippen molar-refractivity contribution in [2.45, 2.75) is 25.9 Å². The molecule has 1 aromatic carbocycles. The van der Waals surface area contributed by atoms with Crippen LogP contribution in [0.4, 0.5) is 0 Å². The first-order valence-corrected chi connectivity index (χ1v) is 4.26. The summed E-state index contributed by atoms with van der Waals surface area (Å²) in [7, 11) is 0. The number of benzene rings is 1. The Morgan fingerprint density at radius 2 is 2.00 bits per heavy atom. The molecular weight excluding hydrogens is 148 g/mol. The molecule has 0 saturated heterocycles. The fourth-order valence-corrected chi connectivity index (χ4v) is 1.53. The minimum Gasteiger partial charge on any atom is -0.364 e. The second-order valence-electron chi connectivity index (χ2n) is 3.87. The molecule has 0 saturated carbocycles. The third kappa shape index (κ3) is 1.37. The highest BCUT2D eigenvalue weighted by Gasteiger charge is 2.25. The molecule has 0 amide bonds. The van der Waals surface area contributed by atoms with Crippen molar-refractivity contribution in [1.29, 1.82) is 0 Å². The van der Waals surface area contributed by atoms with Gasteiger partial charge in [-0.1, -0.05) is 24.3 Å². The summed E-state index contributed by atoms with van der Waals surface area (Å²) < 4.78 is 5.57. The van der Waals surface area contributed by atoms with Gasteiger partial charge >= 0.3 is 0 Å². The van der Waals surface area contributed by atoms with Crippen LogP contribution in [0.3, 0.4) is 0 Å². The molecule has 1 radical (unpaired) electrons. The first-order chi connectivity index (χ1) is 5.67. The zero-order valence-electron chi connectivity index (χ0n) is 7.50. The third-order valence-corrected chi connectivity index (χ3v) is 2.18. The largest absolute Gasteiger partial charge is 0.364 e. The van der Waals surface area contributed by atoms with Crippen molar-refractivity contribution >= 4 is 0 Å². The van der Waals surface area contributed by atoms with Crippen molar-refractivity contribution in [2.75, 3.05) is 0 Å². The molecule has 63 valence electrons. The van der Waals surface area contributed by atoms with Crippen LogP contribution in [-0.2, 0) is 11.2 Å². The lowest BCUT2D eigenvalue weighted by molar-refractivity contribution is 0.0242. The molecule has 1 aliphatic heterocycles. The van der Waals surface area contributed by atoms with E-state index in [0.717, 1.165) is 6.42 Å². The van der Waals surface area contributed by atoms with Gasteiger partial charge < -0.3 is 4.74 Å². The molecule has 0 aromatic heterocycles. The molecule has 0 atom stereocenters. The molecule has 0 unspecified atom stereocenters. The van der Waals surface area contributed by atoms with Gasteiger partial charge in [0.15, 0.2) is 0 Å². The first kappa shape index (κ1) is 7.81. The molecule has 1 heteroatoms. The Hall–Kier alpha value is -0.820. The van der Waals surface area contributed by atoms with Gasteiger partial charge in [0, 0.05) is 6.42 Å². The fourth-order valence-electron chi connectivity index (χ4n) is 1.53. The van der Waals surface area contributed by atoms with Crippen molar-refractivity contribution < 1.29 is 4.74 Å². The lowest BCUT2D eigenvalue weighted by Crippen LogP contribution is -2.30. The first-order valence-electron chi connectivity index (χ1n) is 4.26. The van der Waals surface area contributed by atoms with Crippen molar-refractivity contribution in [2.24, 2.45) is 0 Å². The number of hydrogen-bond acceptors (Lipinski definition) is 1. The Labute approximate surface area is 73.4 Å². The van der Waals surface area contributed by atoms with Crippen LogP contribution in [0, 0.1) is 6.61 Å². The van der Waals surface area contributed by atoms with Crippen LogP contribution in [0.5, 0.6) is 0 Å². The smallest absolute Gasteiger partial charge is 0.114 e. The molecule has 0 fully saturated rings. The average Bonchev–Trinajstić information content (AvgIpc) is 2.02. The SMILES string of the molecule is CC1(C)Cc2ccccc2[CH]O1. The van der Waals surface area contributed by atoms with Crippen molar-refractivity contribution in [1.82, 2.24) is 0 Å². The number of fused-ring (bicyclic) bond motifs is 1. The van der Waals surface area contributed by atoms with Crippen molar-refractivity contribution in [3.63, 3.8) is 0 Å². The fraction of sp³-hybridized carbons (Fsp3) is 0.364. The molecule has 0 spiro atoms. The van der Waals surface area contributed by atoms with Gasteiger partial charge in [-0.25, -0.2) is 0 Å². The Morgan fingerprint density at radius 1 is 1.25 bits per heavy atom. The van der Waals surface area contributed by atoms with E-state index < -0.39 is 0 Å². The Morgan fingerprint density at radius 3 is 2.83 bits per heavy atom. The lowest BCUT2D eigenvalue weighted by atomic mass is 9.92. The molecule has 1 heterocycles. The Bertz CT molecular complexity index is 289. The molecule has 1 aromatic rings. The van der Waals surface area contributed by atoms with Gasteiger partial charge in [-0.2, -0.15) is 0 Å². The van der Waals surface area contributed by atoms with E-state index in [1.165, 1.54) is 11.1 Å². The number of hydrogen-bond donors (Lipinski definition) is 0. The van der Waals surface area contributed by atoms with Crippen LogP contribution in [0.15, 0.2) is 24.3 Å². The van der Waals surface area contributed by atoms with Crippen LogP contribution < -0.4 is 0 Å². The Kier molecular flexibility index (Phi) is 1.69. The zero-order chi connectivity index (χ0) is 8.60. The van der Waals surface area contributed by atoms with Crippen LogP contribution >= 0.6 is 0 Å². The van der Waals surface area contributed by atoms with Crippen molar-refractivity contribution in [3.05, 3.63) is 42.0 Å². The second kappa shape index (κ2) is 2.60. The quantitative estimate of drug-likeness (QED) is 0.568. The molecule has 0 bridgehead atoms. The maximum Gasteiger partial charge on any atom is 0.114 e. The summed E-state index contributed by atoms with van der Waals surface area (Å²) in [5.74, 6) is 0. The summed E-state index contributed by atoms with van der Waals surface area (Å²) in [6.07, 6.45) is 1.000. The summed E-state index contributed by atoms with van der Waals surface area (Å²) in [5.41, 5.74) is 2.57. The van der Waals surface area contributed by atoms with Gasteiger partial charge in [-0.3, -0.25) is 0 Å². The summed E-state index contributed by atoms with van der Waals surface area (Å²) in [4.78, 5) is 0. The van der Waals surface area contributed by atoms with E-state index in [1.54, 1.807) is 0 Å². The maximum atomic E-state index is 5.57. The maximum absolute atomic E-state index is 5.57. The summed E-state index contributed by atoms with van der Waals surface area (Å²) in [6, 6.07) is 8.37. The van der Waals surface area contributed by atoms with Crippen LogP contribution in [0.2, 0.25) is 0 Å². The Balaban J connectivity index is 2.35. The van der Waals surface area contributed by atoms with E-state index in [1.807, 2.05) is 12.7 Å². The van der Waals surface area contributed by atoms with E-state index in [-0.39, 0.29) is 5.60 Å². The average molecular weight is 161 g/mol. The van der Waals surface area contributed by atoms with E-state index in [4.69, 9.17) is 4.74 Å². The normalized spacial score (nSPS) is 20.2. The predicted octanol–water partition coefficient (Wildman–Crippen LogP) is 2.55. The monoisotopic (exact) mass is 161 g/mol. The van der Waals surface area contributed by atoms with Crippen LogP contribution in [0.1, 0.15) is 25.0 Å².